The van der Waals surface area contributed by atoms with E-state index >= 15 is 0 Å². The van der Waals surface area contributed by atoms with Crippen LogP contribution in [0.25, 0.3) is 0 Å². The second-order valence-corrected chi connectivity index (χ2v) is 5.40. The van der Waals surface area contributed by atoms with Crippen molar-refractivity contribution >= 4 is 17.5 Å². The van der Waals surface area contributed by atoms with Gasteiger partial charge in [0.05, 0.1) is 5.69 Å². The molecule has 1 N–H and O–H groups in total. The summed E-state index contributed by atoms with van der Waals surface area (Å²) in [6.45, 7) is 2.18. The Morgan fingerprint density at radius 2 is 1.88 bits per heavy atom. The first-order chi connectivity index (χ1) is 11.6. The molecule has 1 aromatic carbocycles. The first-order valence-electron chi connectivity index (χ1n) is 7.48. The zero-order valence-corrected chi connectivity index (χ0v) is 12.8. The van der Waals surface area contributed by atoms with Crippen molar-refractivity contribution in [3.63, 3.8) is 0 Å². The number of nitriles is 1. The monoisotopic (exact) mass is 326 g/mol. The third kappa shape index (κ3) is 2.86. The number of carboxylic acids is 1. The van der Waals surface area contributed by atoms with Crippen molar-refractivity contribution < 1.29 is 14.3 Å². The molecule has 0 aliphatic carbocycles. The summed E-state index contributed by atoms with van der Waals surface area (Å²) in [6, 6.07) is 9.60. The van der Waals surface area contributed by atoms with Gasteiger partial charge in [0.25, 0.3) is 0 Å². The van der Waals surface area contributed by atoms with Crippen LogP contribution in [0.15, 0.2) is 36.5 Å². The van der Waals surface area contributed by atoms with Crippen LogP contribution in [0.2, 0.25) is 0 Å². The Morgan fingerprint density at radius 3 is 2.54 bits per heavy atom. The van der Waals surface area contributed by atoms with Crippen molar-refractivity contribution in [2.24, 2.45) is 0 Å². The average molecular weight is 326 g/mol. The molecule has 1 fully saturated rings. The predicted octanol–water partition coefficient (Wildman–Crippen LogP) is 2.12. The van der Waals surface area contributed by atoms with Crippen LogP contribution in [-0.4, -0.2) is 42.2 Å². The molecule has 7 heteroatoms. The number of pyridine rings is 1. The minimum Gasteiger partial charge on any atom is -0.478 e. The van der Waals surface area contributed by atoms with E-state index in [0.717, 1.165) is 0 Å². The summed E-state index contributed by atoms with van der Waals surface area (Å²) in [4.78, 5) is 19.3. The van der Waals surface area contributed by atoms with Crippen LogP contribution in [0.3, 0.4) is 0 Å². The van der Waals surface area contributed by atoms with Gasteiger partial charge in [-0.2, -0.15) is 5.26 Å². The maximum absolute atomic E-state index is 13.8. The van der Waals surface area contributed by atoms with Gasteiger partial charge in [0, 0.05) is 32.4 Å². The summed E-state index contributed by atoms with van der Waals surface area (Å²) in [5.74, 6) is -1.11. The molecule has 0 amide bonds. The van der Waals surface area contributed by atoms with Crippen molar-refractivity contribution in [1.29, 1.82) is 5.26 Å². The number of hydrogen-bond acceptors (Lipinski definition) is 5. The third-order valence-electron chi connectivity index (χ3n) is 4.04. The van der Waals surface area contributed by atoms with Crippen LogP contribution in [-0.2, 0) is 0 Å². The maximum atomic E-state index is 13.8. The fourth-order valence-corrected chi connectivity index (χ4v) is 2.86. The third-order valence-corrected chi connectivity index (χ3v) is 4.04. The van der Waals surface area contributed by atoms with Gasteiger partial charge in [-0.05, 0) is 24.3 Å². The van der Waals surface area contributed by atoms with E-state index in [-0.39, 0.29) is 11.1 Å². The molecule has 24 heavy (non-hydrogen) atoms. The summed E-state index contributed by atoms with van der Waals surface area (Å²) in [5, 5.41) is 18.4. The van der Waals surface area contributed by atoms with E-state index in [2.05, 4.69) is 4.98 Å². The van der Waals surface area contributed by atoms with Crippen molar-refractivity contribution in [1.82, 2.24) is 4.98 Å². The Hall–Kier alpha value is -3.14. The van der Waals surface area contributed by atoms with E-state index in [4.69, 9.17) is 5.26 Å². The lowest BCUT2D eigenvalue weighted by Gasteiger charge is -2.37. The lowest BCUT2D eigenvalue weighted by atomic mass is 10.1. The van der Waals surface area contributed by atoms with Crippen molar-refractivity contribution in [2.45, 2.75) is 0 Å². The van der Waals surface area contributed by atoms with Gasteiger partial charge >= 0.3 is 5.97 Å². The first kappa shape index (κ1) is 15.7. The lowest BCUT2D eigenvalue weighted by molar-refractivity contribution is 0.0697. The normalized spacial score (nSPS) is 14.3. The van der Waals surface area contributed by atoms with Gasteiger partial charge in [0.1, 0.15) is 28.8 Å². The van der Waals surface area contributed by atoms with Gasteiger partial charge < -0.3 is 14.9 Å². The molecule has 6 nitrogen and oxygen atoms in total. The highest BCUT2D eigenvalue weighted by molar-refractivity contribution is 5.93. The number of carbonyl (C=O) groups is 1. The Balaban J connectivity index is 1.79. The van der Waals surface area contributed by atoms with Gasteiger partial charge in [-0.3, -0.25) is 0 Å². The maximum Gasteiger partial charge on any atom is 0.339 e. The van der Waals surface area contributed by atoms with Gasteiger partial charge in [0.15, 0.2) is 0 Å². The van der Waals surface area contributed by atoms with Crippen LogP contribution in [0.5, 0.6) is 0 Å². The number of nitrogens with zero attached hydrogens (tertiary/aromatic N) is 4. The van der Waals surface area contributed by atoms with Crippen molar-refractivity contribution in [3.8, 4) is 6.07 Å². The minimum atomic E-state index is -1.02. The second-order valence-electron chi connectivity index (χ2n) is 5.40. The van der Waals surface area contributed by atoms with Crippen LogP contribution >= 0.6 is 0 Å². The number of aromatic carboxylic acids is 1. The lowest BCUT2D eigenvalue weighted by Crippen LogP contribution is -2.47. The summed E-state index contributed by atoms with van der Waals surface area (Å²) in [7, 11) is 0. The van der Waals surface area contributed by atoms with Crippen LogP contribution in [0.4, 0.5) is 15.9 Å². The quantitative estimate of drug-likeness (QED) is 0.930. The molecule has 122 valence electrons. The molecule has 2 heterocycles. The Morgan fingerprint density at radius 1 is 1.17 bits per heavy atom. The van der Waals surface area contributed by atoms with Gasteiger partial charge in [0.2, 0.25) is 0 Å². The fraction of sp³-hybridized carbons (Fsp3) is 0.235. The van der Waals surface area contributed by atoms with Gasteiger partial charge in [-0.25, -0.2) is 14.2 Å². The molecule has 0 unspecified atom stereocenters. The number of aromatic nitrogens is 1. The molecule has 3 rings (SSSR count). The number of benzene rings is 1. The average Bonchev–Trinajstić information content (AvgIpc) is 2.61. The molecular weight excluding hydrogens is 311 g/mol. The fourth-order valence-electron chi connectivity index (χ4n) is 2.86. The predicted molar refractivity (Wildman–Crippen MR) is 86.7 cm³/mol. The van der Waals surface area contributed by atoms with Gasteiger partial charge in [-0.15, -0.1) is 0 Å². The molecule has 2 aromatic rings. The molecule has 1 aliphatic rings. The second kappa shape index (κ2) is 6.54. The molecule has 0 saturated carbocycles. The molecule has 0 radical (unpaired) electrons. The molecule has 1 saturated heterocycles. The summed E-state index contributed by atoms with van der Waals surface area (Å²) >= 11 is 0. The summed E-state index contributed by atoms with van der Waals surface area (Å²) < 4.78 is 13.8. The molecule has 1 aromatic heterocycles. The highest BCUT2D eigenvalue weighted by atomic mass is 19.1. The van der Waals surface area contributed by atoms with Crippen LogP contribution < -0.4 is 9.80 Å². The van der Waals surface area contributed by atoms with E-state index in [1.807, 2.05) is 15.9 Å². The molecule has 1 aliphatic heterocycles. The topological polar surface area (TPSA) is 80.5 Å². The number of anilines is 2. The first-order valence-corrected chi connectivity index (χ1v) is 7.48. The Bertz CT molecular complexity index is 810. The molecule has 0 spiro atoms. The number of hydrogen-bond donors (Lipinski definition) is 1. The molecule has 0 atom stereocenters. The van der Waals surface area contributed by atoms with Crippen LogP contribution in [0.1, 0.15) is 15.9 Å². The molecular formula is C17H15FN4O2. The largest absolute Gasteiger partial charge is 0.478 e. The van der Waals surface area contributed by atoms with E-state index in [9.17, 15) is 14.3 Å². The number of rotatable bonds is 3. The highest BCUT2D eigenvalue weighted by Gasteiger charge is 2.24. The Kier molecular flexibility index (Phi) is 4.29. The minimum absolute atomic E-state index is 0.0370. The van der Waals surface area contributed by atoms with E-state index in [0.29, 0.717) is 37.7 Å². The standard InChI is InChI=1S/C17H15FN4O2/c18-14-4-1-5-15(13(14)11-19)21-7-9-22(10-8-21)16-12(17(23)24)3-2-6-20-16/h1-6H,7-10H2,(H,23,24). The van der Waals surface area contributed by atoms with Crippen molar-refractivity contribution in [3.05, 3.63) is 53.5 Å². The number of piperazine rings is 1. The summed E-state index contributed by atoms with van der Waals surface area (Å²) in [5.41, 5.74) is 0.765. The van der Waals surface area contributed by atoms with E-state index in [1.54, 1.807) is 24.4 Å². The SMILES string of the molecule is N#Cc1c(F)cccc1N1CCN(c2ncccc2C(=O)O)CC1. The van der Waals surface area contributed by atoms with E-state index in [1.165, 1.54) is 12.1 Å². The van der Waals surface area contributed by atoms with Crippen molar-refractivity contribution in [2.75, 3.05) is 36.0 Å². The van der Waals surface area contributed by atoms with Crippen LogP contribution in [0, 0.1) is 17.1 Å². The zero-order valence-electron chi connectivity index (χ0n) is 12.8. The number of halogens is 1. The molecule has 0 bridgehead atoms. The Labute approximate surface area is 138 Å². The zero-order chi connectivity index (χ0) is 17.1. The van der Waals surface area contributed by atoms with E-state index < -0.39 is 11.8 Å². The highest BCUT2D eigenvalue weighted by Crippen LogP contribution is 2.25. The van der Waals surface area contributed by atoms with Gasteiger partial charge in [-0.1, -0.05) is 6.07 Å². The number of carboxylic acid groups (broad SMARTS) is 1. The summed E-state index contributed by atoms with van der Waals surface area (Å²) in [6.07, 6.45) is 1.56. The smallest absolute Gasteiger partial charge is 0.339 e.